The molecule has 0 saturated heterocycles. The van der Waals surface area contributed by atoms with E-state index in [2.05, 4.69) is 10.1 Å². The summed E-state index contributed by atoms with van der Waals surface area (Å²) in [5.74, 6) is 0.430. The van der Waals surface area contributed by atoms with Gasteiger partial charge in [-0.3, -0.25) is 9.59 Å². The lowest BCUT2D eigenvalue weighted by Gasteiger charge is -2.03. The molecule has 5 heteroatoms. The highest BCUT2D eigenvalue weighted by Gasteiger charge is 2.00. The fraction of sp³-hybridized carbons (Fsp3) is 0.800. The van der Waals surface area contributed by atoms with Crippen LogP contribution in [0.15, 0.2) is 0 Å². The summed E-state index contributed by atoms with van der Waals surface area (Å²) in [5, 5.41) is 2.81. The fourth-order valence-corrected chi connectivity index (χ4v) is 1.45. The Morgan fingerprint density at radius 1 is 1.27 bits per heavy atom. The fourth-order valence-electron chi connectivity index (χ4n) is 1.08. The molecule has 88 valence electrons. The van der Waals surface area contributed by atoms with E-state index in [1.165, 1.54) is 18.9 Å². The van der Waals surface area contributed by atoms with Crippen LogP contribution >= 0.6 is 11.8 Å². The number of hydrogen-bond donors (Lipinski definition) is 1. The number of unbranched alkanes of at least 4 members (excludes halogenated alkanes) is 2. The molecule has 0 atom stereocenters. The predicted molar refractivity (Wildman–Crippen MR) is 61.9 cm³/mol. The number of esters is 1. The lowest BCUT2D eigenvalue weighted by atomic mass is 10.2. The van der Waals surface area contributed by atoms with E-state index in [0.29, 0.717) is 18.7 Å². The second-order valence-corrected chi connectivity index (χ2v) is 4.04. The SMILES string of the molecule is COC(=O)CCCCCNC(=O)CSC. The Bertz CT molecular complexity index is 197. The van der Waals surface area contributed by atoms with Crippen LogP contribution in [0.3, 0.4) is 0 Å². The maximum Gasteiger partial charge on any atom is 0.305 e. The molecule has 0 rings (SSSR count). The molecule has 0 aromatic carbocycles. The van der Waals surface area contributed by atoms with Crippen molar-refractivity contribution in [1.82, 2.24) is 5.32 Å². The minimum Gasteiger partial charge on any atom is -0.469 e. The molecular weight excluding hydrogens is 214 g/mol. The number of hydrogen-bond acceptors (Lipinski definition) is 4. The topological polar surface area (TPSA) is 55.4 Å². The molecule has 0 saturated carbocycles. The van der Waals surface area contributed by atoms with Crippen molar-refractivity contribution >= 4 is 23.6 Å². The Balaban J connectivity index is 3.18. The van der Waals surface area contributed by atoms with Gasteiger partial charge in [0.15, 0.2) is 0 Å². The summed E-state index contributed by atoms with van der Waals surface area (Å²) in [6.07, 6.45) is 5.04. The third kappa shape index (κ3) is 9.59. The summed E-state index contributed by atoms with van der Waals surface area (Å²) < 4.78 is 4.52. The van der Waals surface area contributed by atoms with Crippen molar-refractivity contribution in [2.45, 2.75) is 25.7 Å². The standard InChI is InChI=1S/C10H19NO3S/c1-14-10(13)6-4-3-5-7-11-9(12)8-15-2/h3-8H2,1-2H3,(H,11,12). The Labute approximate surface area is 95.1 Å². The number of thioether (sulfide) groups is 1. The number of ether oxygens (including phenoxy) is 1. The van der Waals surface area contributed by atoms with Crippen LogP contribution in [-0.4, -0.2) is 37.5 Å². The van der Waals surface area contributed by atoms with Crippen LogP contribution in [0.2, 0.25) is 0 Å². The van der Waals surface area contributed by atoms with Crippen LogP contribution in [0, 0.1) is 0 Å². The Kier molecular flexibility index (Phi) is 9.36. The van der Waals surface area contributed by atoms with Gasteiger partial charge in [-0.2, -0.15) is 11.8 Å². The monoisotopic (exact) mass is 233 g/mol. The predicted octanol–water partition coefficient (Wildman–Crippen LogP) is 1.20. The normalized spacial score (nSPS) is 9.73. The van der Waals surface area contributed by atoms with Gasteiger partial charge in [0, 0.05) is 13.0 Å². The number of carbonyl (C=O) groups is 2. The van der Waals surface area contributed by atoms with Crippen LogP contribution in [0.1, 0.15) is 25.7 Å². The van der Waals surface area contributed by atoms with Crippen molar-refractivity contribution in [2.24, 2.45) is 0 Å². The molecule has 0 heterocycles. The number of nitrogens with one attached hydrogen (secondary N) is 1. The van der Waals surface area contributed by atoms with Gasteiger partial charge in [-0.05, 0) is 19.1 Å². The second kappa shape index (κ2) is 9.83. The van der Waals surface area contributed by atoms with E-state index in [1.807, 2.05) is 6.26 Å². The molecule has 1 amide bonds. The summed E-state index contributed by atoms with van der Waals surface area (Å²) in [4.78, 5) is 21.8. The van der Waals surface area contributed by atoms with E-state index in [1.54, 1.807) is 0 Å². The maximum absolute atomic E-state index is 11.0. The molecule has 0 aliphatic carbocycles. The van der Waals surface area contributed by atoms with Gasteiger partial charge in [-0.25, -0.2) is 0 Å². The van der Waals surface area contributed by atoms with Crippen LogP contribution in [0.25, 0.3) is 0 Å². The van der Waals surface area contributed by atoms with Gasteiger partial charge in [0.2, 0.25) is 5.91 Å². The van der Waals surface area contributed by atoms with E-state index >= 15 is 0 Å². The smallest absolute Gasteiger partial charge is 0.305 e. The average Bonchev–Trinajstić information content (AvgIpc) is 2.23. The van der Waals surface area contributed by atoms with Gasteiger partial charge < -0.3 is 10.1 Å². The first-order chi connectivity index (χ1) is 7.20. The molecule has 4 nitrogen and oxygen atoms in total. The highest BCUT2D eigenvalue weighted by molar-refractivity contribution is 7.99. The molecule has 0 aliphatic rings. The summed E-state index contributed by atoms with van der Waals surface area (Å²) in [7, 11) is 1.39. The summed E-state index contributed by atoms with van der Waals surface area (Å²) in [6, 6.07) is 0. The number of methoxy groups -OCH3 is 1. The van der Waals surface area contributed by atoms with E-state index in [-0.39, 0.29) is 11.9 Å². The lowest BCUT2D eigenvalue weighted by molar-refractivity contribution is -0.140. The Morgan fingerprint density at radius 3 is 2.60 bits per heavy atom. The van der Waals surface area contributed by atoms with Crippen molar-refractivity contribution in [3.05, 3.63) is 0 Å². The molecule has 1 N–H and O–H groups in total. The third-order valence-electron chi connectivity index (χ3n) is 1.88. The first-order valence-corrected chi connectivity index (χ1v) is 6.42. The zero-order valence-corrected chi connectivity index (χ0v) is 10.2. The van der Waals surface area contributed by atoms with Crippen molar-refractivity contribution in [3.63, 3.8) is 0 Å². The molecule has 0 bridgehead atoms. The summed E-state index contributed by atoms with van der Waals surface area (Å²) >= 11 is 1.51. The van der Waals surface area contributed by atoms with Crippen LogP contribution < -0.4 is 5.32 Å². The molecule has 15 heavy (non-hydrogen) atoms. The molecule has 0 unspecified atom stereocenters. The molecule has 0 aliphatic heterocycles. The summed E-state index contributed by atoms with van der Waals surface area (Å²) in [5.41, 5.74) is 0. The van der Waals surface area contributed by atoms with E-state index in [4.69, 9.17) is 0 Å². The van der Waals surface area contributed by atoms with Crippen molar-refractivity contribution in [2.75, 3.05) is 25.7 Å². The minimum atomic E-state index is -0.165. The van der Waals surface area contributed by atoms with Gasteiger partial charge in [-0.15, -0.1) is 0 Å². The van der Waals surface area contributed by atoms with Gasteiger partial charge in [0.05, 0.1) is 12.9 Å². The van der Waals surface area contributed by atoms with Gasteiger partial charge in [-0.1, -0.05) is 6.42 Å². The van der Waals surface area contributed by atoms with Gasteiger partial charge in [0.25, 0.3) is 0 Å². The molecule has 0 aromatic heterocycles. The molecule has 0 radical (unpaired) electrons. The van der Waals surface area contributed by atoms with Crippen molar-refractivity contribution in [3.8, 4) is 0 Å². The molecule has 0 spiro atoms. The molecule has 0 fully saturated rings. The van der Waals surface area contributed by atoms with Gasteiger partial charge in [0.1, 0.15) is 0 Å². The van der Waals surface area contributed by atoms with Crippen molar-refractivity contribution in [1.29, 1.82) is 0 Å². The van der Waals surface area contributed by atoms with Crippen molar-refractivity contribution < 1.29 is 14.3 Å². The van der Waals surface area contributed by atoms with E-state index in [0.717, 1.165) is 19.3 Å². The van der Waals surface area contributed by atoms with Gasteiger partial charge >= 0.3 is 5.97 Å². The number of rotatable bonds is 8. The summed E-state index contributed by atoms with van der Waals surface area (Å²) in [6.45, 7) is 0.695. The minimum absolute atomic E-state index is 0.0791. The highest BCUT2D eigenvalue weighted by atomic mass is 32.2. The number of amides is 1. The Hall–Kier alpha value is -0.710. The van der Waals surface area contributed by atoms with Crippen LogP contribution in [0.4, 0.5) is 0 Å². The Morgan fingerprint density at radius 2 is 2.00 bits per heavy atom. The van der Waals surface area contributed by atoms with E-state index in [9.17, 15) is 9.59 Å². The van der Waals surface area contributed by atoms with Crippen LogP contribution in [0.5, 0.6) is 0 Å². The largest absolute Gasteiger partial charge is 0.469 e. The molecule has 0 aromatic rings. The highest BCUT2D eigenvalue weighted by Crippen LogP contribution is 2.00. The zero-order valence-electron chi connectivity index (χ0n) is 9.38. The van der Waals surface area contributed by atoms with Crippen LogP contribution in [-0.2, 0) is 14.3 Å². The lowest BCUT2D eigenvalue weighted by Crippen LogP contribution is -2.25. The quantitative estimate of drug-likeness (QED) is 0.505. The second-order valence-electron chi connectivity index (χ2n) is 3.17. The van der Waals surface area contributed by atoms with E-state index < -0.39 is 0 Å². The maximum atomic E-state index is 11.0. The first kappa shape index (κ1) is 14.3. The number of carbonyl (C=O) groups excluding carboxylic acids is 2. The average molecular weight is 233 g/mol. The molecular formula is C10H19NO3S. The first-order valence-electron chi connectivity index (χ1n) is 5.03. The zero-order chi connectivity index (χ0) is 11.5. The third-order valence-corrected chi connectivity index (χ3v) is 2.43.